The topological polar surface area (TPSA) is 12.0 Å². The van der Waals surface area contributed by atoms with E-state index in [1.807, 2.05) is 0 Å². The lowest BCUT2D eigenvalue weighted by atomic mass is 9.73. The monoisotopic (exact) mass is 269 g/mol. The molecule has 1 saturated carbocycles. The highest BCUT2D eigenvalue weighted by atomic mass is 35.5. The highest BCUT2D eigenvalue weighted by molar-refractivity contribution is 6.31. The summed E-state index contributed by atoms with van der Waals surface area (Å²) in [4.78, 5) is 0. The molecular formula is C15H21ClFN. The summed E-state index contributed by atoms with van der Waals surface area (Å²) >= 11 is 6.08. The van der Waals surface area contributed by atoms with Crippen molar-refractivity contribution in [3.63, 3.8) is 0 Å². The summed E-state index contributed by atoms with van der Waals surface area (Å²) in [6.07, 6.45) is 5.03. The third-order valence-electron chi connectivity index (χ3n) is 4.05. The van der Waals surface area contributed by atoms with Gasteiger partial charge in [0, 0.05) is 17.6 Å². The van der Waals surface area contributed by atoms with Gasteiger partial charge in [-0.2, -0.15) is 0 Å². The molecule has 1 nitrogen and oxygen atoms in total. The largest absolute Gasteiger partial charge is 0.309 e. The van der Waals surface area contributed by atoms with E-state index in [4.69, 9.17) is 11.6 Å². The van der Waals surface area contributed by atoms with E-state index < -0.39 is 0 Å². The molecule has 3 heteroatoms. The Balaban J connectivity index is 2.00. The Hall–Kier alpha value is -0.600. The van der Waals surface area contributed by atoms with Gasteiger partial charge in [-0.1, -0.05) is 38.3 Å². The number of hydrogen-bond donors (Lipinski definition) is 1. The van der Waals surface area contributed by atoms with Crippen LogP contribution in [0.4, 0.5) is 4.39 Å². The summed E-state index contributed by atoms with van der Waals surface area (Å²) in [7, 11) is 0. The minimum atomic E-state index is -0.223. The van der Waals surface area contributed by atoms with Crippen LogP contribution in [0.2, 0.25) is 5.02 Å². The molecule has 100 valence electrons. The minimum absolute atomic E-state index is 0.223. The van der Waals surface area contributed by atoms with Crippen LogP contribution < -0.4 is 5.32 Å². The minimum Gasteiger partial charge on any atom is -0.309 e. The van der Waals surface area contributed by atoms with Crippen molar-refractivity contribution < 1.29 is 4.39 Å². The van der Waals surface area contributed by atoms with Gasteiger partial charge in [-0.3, -0.25) is 0 Å². The van der Waals surface area contributed by atoms with Crippen LogP contribution in [-0.2, 0) is 6.54 Å². The smallest absolute Gasteiger partial charge is 0.123 e. The SMILES string of the molecule is CC1(C)CCCCC1NCc1cc(F)ccc1Cl. The second kappa shape index (κ2) is 5.58. The summed E-state index contributed by atoms with van der Waals surface area (Å²) in [5, 5.41) is 4.18. The maximum Gasteiger partial charge on any atom is 0.123 e. The second-order valence-electron chi connectivity index (χ2n) is 5.90. The molecule has 0 heterocycles. The van der Waals surface area contributed by atoms with Crippen LogP contribution in [-0.4, -0.2) is 6.04 Å². The molecular weight excluding hydrogens is 249 g/mol. The van der Waals surface area contributed by atoms with Crippen LogP contribution in [0.15, 0.2) is 18.2 Å². The first kappa shape index (κ1) is 13.8. The number of hydrogen-bond acceptors (Lipinski definition) is 1. The molecule has 2 rings (SSSR count). The van der Waals surface area contributed by atoms with Crippen molar-refractivity contribution in [2.24, 2.45) is 5.41 Å². The lowest BCUT2D eigenvalue weighted by Crippen LogP contribution is -2.43. The van der Waals surface area contributed by atoms with Crippen LogP contribution >= 0.6 is 11.6 Å². The van der Waals surface area contributed by atoms with Gasteiger partial charge in [0.05, 0.1) is 0 Å². The number of nitrogens with one attached hydrogen (secondary N) is 1. The first-order chi connectivity index (χ1) is 8.49. The van der Waals surface area contributed by atoms with Crippen LogP contribution in [0.25, 0.3) is 0 Å². The normalized spacial score (nSPS) is 23.0. The van der Waals surface area contributed by atoms with Crippen LogP contribution in [0.3, 0.4) is 0 Å². The Labute approximate surface area is 114 Å². The van der Waals surface area contributed by atoms with E-state index in [1.54, 1.807) is 6.07 Å². The number of benzene rings is 1. The summed E-state index contributed by atoms with van der Waals surface area (Å²) in [5.41, 5.74) is 1.16. The molecule has 1 aromatic carbocycles. The third-order valence-corrected chi connectivity index (χ3v) is 4.42. The summed E-state index contributed by atoms with van der Waals surface area (Å²) in [5.74, 6) is -0.223. The van der Waals surface area contributed by atoms with Gasteiger partial charge in [-0.15, -0.1) is 0 Å². The average molecular weight is 270 g/mol. The van der Waals surface area contributed by atoms with Crippen LogP contribution in [0, 0.1) is 11.2 Å². The molecule has 0 spiro atoms. The highest BCUT2D eigenvalue weighted by Crippen LogP contribution is 2.35. The molecule has 1 aromatic rings. The van der Waals surface area contributed by atoms with Gasteiger partial charge in [-0.05, 0) is 42.0 Å². The predicted octanol–water partition coefficient (Wildman–Crippen LogP) is 4.54. The van der Waals surface area contributed by atoms with Gasteiger partial charge in [0.25, 0.3) is 0 Å². The van der Waals surface area contributed by atoms with Gasteiger partial charge in [0.1, 0.15) is 5.82 Å². The molecule has 0 aromatic heterocycles. The van der Waals surface area contributed by atoms with Gasteiger partial charge in [0.2, 0.25) is 0 Å². The fraction of sp³-hybridized carbons (Fsp3) is 0.600. The average Bonchev–Trinajstić information content (AvgIpc) is 2.31. The van der Waals surface area contributed by atoms with Gasteiger partial charge >= 0.3 is 0 Å². The van der Waals surface area contributed by atoms with Gasteiger partial charge < -0.3 is 5.32 Å². The molecule has 0 saturated heterocycles. The first-order valence-corrected chi connectivity index (χ1v) is 7.04. The third kappa shape index (κ3) is 3.24. The molecule has 1 aliphatic carbocycles. The van der Waals surface area contributed by atoms with Crippen molar-refractivity contribution in [2.75, 3.05) is 0 Å². The quantitative estimate of drug-likeness (QED) is 0.850. The summed E-state index contributed by atoms with van der Waals surface area (Å²) in [6, 6.07) is 5.03. The van der Waals surface area contributed by atoms with E-state index in [2.05, 4.69) is 19.2 Å². The van der Waals surface area contributed by atoms with Crippen molar-refractivity contribution in [3.8, 4) is 0 Å². The standard InChI is InChI=1S/C15H21ClFN/c1-15(2)8-4-3-5-14(15)18-10-11-9-12(17)6-7-13(11)16/h6-7,9,14,18H,3-5,8,10H2,1-2H3. The van der Waals surface area contributed by atoms with Crippen molar-refractivity contribution in [1.29, 1.82) is 0 Å². The first-order valence-electron chi connectivity index (χ1n) is 6.66. The van der Waals surface area contributed by atoms with Crippen molar-refractivity contribution >= 4 is 11.6 Å². The van der Waals surface area contributed by atoms with Crippen molar-refractivity contribution in [3.05, 3.63) is 34.6 Å². The molecule has 0 radical (unpaired) electrons. The van der Waals surface area contributed by atoms with E-state index in [9.17, 15) is 4.39 Å². The zero-order chi connectivity index (χ0) is 13.2. The molecule has 18 heavy (non-hydrogen) atoms. The van der Waals surface area contributed by atoms with E-state index in [1.165, 1.54) is 37.8 Å². The molecule has 1 atom stereocenters. The Morgan fingerprint density at radius 2 is 2.17 bits per heavy atom. The summed E-state index contributed by atoms with van der Waals surface area (Å²) < 4.78 is 13.2. The molecule has 1 N–H and O–H groups in total. The Bertz CT molecular complexity index is 417. The van der Waals surface area contributed by atoms with E-state index >= 15 is 0 Å². The predicted molar refractivity (Wildman–Crippen MR) is 74.3 cm³/mol. The fourth-order valence-corrected chi connectivity index (χ4v) is 2.97. The van der Waals surface area contributed by atoms with E-state index in [-0.39, 0.29) is 5.82 Å². The maximum absolute atomic E-state index is 13.2. The second-order valence-corrected chi connectivity index (χ2v) is 6.31. The van der Waals surface area contributed by atoms with Crippen molar-refractivity contribution in [2.45, 2.75) is 52.1 Å². The number of halogens is 2. The van der Waals surface area contributed by atoms with E-state index in [0.29, 0.717) is 23.0 Å². The van der Waals surface area contributed by atoms with Gasteiger partial charge in [-0.25, -0.2) is 4.39 Å². The Morgan fingerprint density at radius 3 is 2.89 bits per heavy atom. The van der Waals surface area contributed by atoms with Crippen LogP contribution in [0.5, 0.6) is 0 Å². The highest BCUT2D eigenvalue weighted by Gasteiger charge is 2.31. The van der Waals surface area contributed by atoms with Gasteiger partial charge in [0.15, 0.2) is 0 Å². The molecule has 1 fully saturated rings. The summed E-state index contributed by atoms with van der Waals surface area (Å²) in [6.45, 7) is 5.25. The molecule has 0 aliphatic heterocycles. The molecule has 0 amide bonds. The fourth-order valence-electron chi connectivity index (χ4n) is 2.78. The lowest BCUT2D eigenvalue weighted by Gasteiger charge is -2.39. The van der Waals surface area contributed by atoms with Crippen molar-refractivity contribution in [1.82, 2.24) is 5.32 Å². The lowest BCUT2D eigenvalue weighted by molar-refractivity contribution is 0.167. The number of rotatable bonds is 3. The molecule has 1 aliphatic rings. The zero-order valence-electron chi connectivity index (χ0n) is 11.1. The van der Waals surface area contributed by atoms with E-state index in [0.717, 1.165) is 5.56 Å². The molecule has 0 bridgehead atoms. The van der Waals surface area contributed by atoms with Crippen LogP contribution in [0.1, 0.15) is 45.1 Å². The molecule has 1 unspecified atom stereocenters. The zero-order valence-corrected chi connectivity index (χ0v) is 11.9. The Kier molecular flexibility index (Phi) is 4.29. The maximum atomic E-state index is 13.2. The Morgan fingerprint density at radius 1 is 1.39 bits per heavy atom.